The molecule has 1 saturated heterocycles. The summed E-state index contributed by atoms with van der Waals surface area (Å²) in [5.41, 5.74) is 0. The Morgan fingerprint density at radius 3 is 3.17 bits per heavy atom. The molecule has 0 bridgehead atoms. The zero-order valence-corrected chi connectivity index (χ0v) is 6.87. The van der Waals surface area contributed by atoms with E-state index in [1.54, 1.807) is 0 Å². The van der Waals surface area contributed by atoms with Crippen LogP contribution in [0.5, 0.6) is 0 Å². The first-order valence-corrected chi connectivity index (χ1v) is 4.41. The highest BCUT2D eigenvalue weighted by Crippen LogP contribution is 2.36. The van der Waals surface area contributed by atoms with E-state index in [0.29, 0.717) is 6.42 Å². The van der Waals surface area contributed by atoms with Gasteiger partial charge in [0.05, 0.1) is 13.2 Å². The van der Waals surface area contributed by atoms with Crippen molar-refractivity contribution in [3.8, 4) is 0 Å². The lowest BCUT2D eigenvalue weighted by atomic mass is 10.1. The molecule has 1 N–H and O–H groups in total. The molecular formula is C7H7NO3S. The molecular weight excluding hydrogens is 178 g/mol. The molecule has 0 saturated carbocycles. The SMILES string of the molecule is [2H]C1=CSC2CC(=O)N2C1C(=O)O. The van der Waals surface area contributed by atoms with Gasteiger partial charge in [0.1, 0.15) is 6.04 Å². The summed E-state index contributed by atoms with van der Waals surface area (Å²) in [6.07, 6.45) is 0.387. The summed E-state index contributed by atoms with van der Waals surface area (Å²) in [5.74, 6) is -1.30. The summed E-state index contributed by atoms with van der Waals surface area (Å²) in [6.45, 7) is 0. The molecule has 0 aromatic carbocycles. The van der Waals surface area contributed by atoms with E-state index in [4.69, 9.17) is 6.48 Å². The third-order valence-electron chi connectivity index (χ3n) is 1.91. The van der Waals surface area contributed by atoms with E-state index in [1.165, 1.54) is 22.1 Å². The first-order valence-electron chi connectivity index (χ1n) is 3.97. The Morgan fingerprint density at radius 2 is 2.67 bits per heavy atom. The molecule has 2 aliphatic heterocycles. The average molecular weight is 186 g/mol. The van der Waals surface area contributed by atoms with Crippen molar-refractivity contribution in [1.29, 1.82) is 0 Å². The molecule has 12 heavy (non-hydrogen) atoms. The lowest BCUT2D eigenvalue weighted by molar-refractivity contribution is -0.155. The Hall–Kier alpha value is -0.970. The smallest absolute Gasteiger partial charge is 0.330 e. The van der Waals surface area contributed by atoms with E-state index in [9.17, 15) is 9.59 Å². The van der Waals surface area contributed by atoms with Crippen LogP contribution in [0.1, 0.15) is 7.79 Å². The Kier molecular flexibility index (Phi) is 1.37. The number of carboxylic acid groups (broad SMARTS) is 1. The van der Waals surface area contributed by atoms with E-state index in [0.717, 1.165) is 0 Å². The minimum atomic E-state index is -1.13. The minimum Gasteiger partial charge on any atom is -0.479 e. The van der Waals surface area contributed by atoms with E-state index in [1.807, 2.05) is 0 Å². The van der Waals surface area contributed by atoms with Gasteiger partial charge in [-0.3, -0.25) is 4.79 Å². The van der Waals surface area contributed by atoms with Gasteiger partial charge in [0.15, 0.2) is 0 Å². The van der Waals surface area contributed by atoms with Crippen molar-refractivity contribution in [1.82, 2.24) is 4.90 Å². The number of rotatable bonds is 1. The molecule has 2 aliphatic rings. The van der Waals surface area contributed by atoms with Crippen LogP contribution in [0.15, 0.2) is 11.5 Å². The summed E-state index contributed by atoms with van der Waals surface area (Å²) in [6, 6.07) is -1.07. The molecule has 2 rings (SSSR count). The predicted molar refractivity (Wildman–Crippen MR) is 43.4 cm³/mol. The van der Waals surface area contributed by atoms with Gasteiger partial charge in [0, 0.05) is 0 Å². The molecule has 2 unspecified atom stereocenters. The topological polar surface area (TPSA) is 57.6 Å². The monoisotopic (exact) mass is 186 g/mol. The fourth-order valence-corrected chi connectivity index (χ4v) is 2.25. The molecule has 1 fully saturated rings. The highest BCUT2D eigenvalue weighted by atomic mass is 32.2. The molecule has 64 valence electrons. The van der Waals surface area contributed by atoms with Gasteiger partial charge < -0.3 is 10.0 Å². The number of amides is 1. The first-order chi connectivity index (χ1) is 6.11. The quantitative estimate of drug-likeness (QED) is 0.597. The van der Waals surface area contributed by atoms with Gasteiger partial charge in [-0.25, -0.2) is 4.79 Å². The molecule has 2 atom stereocenters. The van der Waals surface area contributed by atoms with Crippen molar-refractivity contribution >= 4 is 23.6 Å². The van der Waals surface area contributed by atoms with E-state index >= 15 is 0 Å². The highest BCUT2D eigenvalue weighted by molar-refractivity contribution is 8.02. The number of carboxylic acids is 1. The molecule has 0 aromatic rings. The van der Waals surface area contributed by atoms with Gasteiger partial charge in [-0.15, -0.1) is 11.8 Å². The van der Waals surface area contributed by atoms with Gasteiger partial charge in [-0.05, 0) is 11.5 Å². The van der Waals surface area contributed by atoms with Crippen molar-refractivity contribution < 1.29 is 16.1 Å². The Bertz CT molecular complexity index is 317. The maximum atomic E-state index is 11.1. The van der Waals surface area contributed by atoms with Crippen molar-refractivity contribution in [2.24, 2.45) is 0 Å². The zero-order chi connectivity index (χ0) is 9.59. The van der Waals surface area contributed by atoms with Crippen LogP contribution in [-0.4, -0.2) is 33.3 Å². The minimum absolute atomic E-state index is 0.0122. The number of carbonyl (C=O) groups excluding carboxylic acids is 1. The molecule has 0 aromatic heterocycles. The summed E-state index contributed by atoms with van der Waals surface area (Å²) in [4.78, 5) is 23.1. The second kappa shape index (κ2) is 2.52. The number of aliphatic carboxylic acids is 1. The molecule has 0 aliphatic carbocycles. The van der Waals surface area contributed by atoms with Crippen LogP contribution >= 0.6 is 11.8 Å². The van der Waals surface area contributed by atoms with Crippen LogP contribution < -0.4 is 0 Å². The fourth-order valence-electron chi connectivity index (χ4n) is 1.28. The molecule has 0 spiro atoms. The van der Waals surface area contributed by atoms with E-state index in [2.05, 4.69) is 0 Å². The van der Waals surface area contributed by atoms with Crippen molar-refractivity contribution in [3.05, 3.63) is 11.5 Å². The van der Waals surface area contributed by atoms with Crippen LogP contribution in [0.4, 0.5) is 0 Å². The van der Waals surface area contributed by atoms with Gasteiger partial charge in [0.2, 0.25) is 5.91 Å². The maximum absolute atomic E-state index is 11.1. The molecule has 0 radical (unpaired) electrons. The Balaban J connectivity index is 2.30. The number of thioether (sulfide) groups is 1. The third-order valence-corrected chi connectivity index (χ3v) is 2.89. The van der Waals surface area contributed by atoms with Gasteiger partial charge in [-0.1, -0.05) is 0 Å². The highest BCUT2D eigenvalue weighted by Gasteiger charge is 2.44. The van der Waals surface area contributed by atoms with Crippen molar-refractivity contribution in [3.63, 3.8) is 0 Å². The standard InChI is InChI=1S/C7H7NO3S/c9-5-3-6-8(5)4(7(10)11)1-2-12-6/h1-2,4,6H,3H2,(H,10,11)/i1D. The number of hydrogen-bond acceptors (Lipinski definition) is 3. The molecule has 1 amide bonds. The molecule has 5 heteroatoms. The normalized spacial score (nSPS) is 34.7. The van der Waals surface area contributed by atoms with Crippen LogP contribution in [0, 0.1) is 0 Å². The number of nitrogens with zero attached hydrogens (tertiary/aromatic N) is 1. The summed E-state index contributed by atoms with van der Waals surface area (Å²) in [5, 5.41) is 10.2. The lowest BCUT2D eigenvalue weighted by Crippen LogP contribution is -2.58. The summed E-state index contributed by atoms with van der Waals surface area (Å²) < 4.78 is 7.37. The van der Waals surface area contributed by atoms with Crippen LogP contribution in [0.2, 0.25) is 0 Å². The number of hydrogen-bond donors (Lipinski definition) is 1. The molecule has 4 nitrogen and oxygen atoms in total. The van der Waals surface area contributed by atoms with Gasteiger partial charge >= 0.3 is 5.97 Å². The predicted octanol–water partition coefficient (Wildman–Crippen LogP) is 0.258. The lowest BCUT2D eigenvalue weighted by Gasteiger charge is -2.44. The largest absolute Gasteiger partial charge is 0.479 e. The van der Waals surface area contributed by atoms with Crippen LogP contribution in [-0.2, 0) is 9.59 Å². The summed E-state index contributed by atoms with van der Waals surface area (Å²) in [7, 11) is 0. The fraction of sp³-hybridized carbons (Fsp3) is 0.429. The van der Waals surface area contributed by atoms with Crippen molar-refractivity contribution in [2.75, 3.05) is 0 Å². The van der Waals surface area contributed by atoms with Crippen LogP contribution in [0.3, 0.4) is 0 Å². The number of β-lactam (4-membered cyclic amide) rings is 1. The number of fused-ring (bicyclic) bond motifs is 1. The van der Waals surface area contributed by atoms with Crippen LogP contribution in [0.25, 0.3) is 0 Å². The number of carbonyl (C=O) groups is 2. The average Bonchev–Trinajstić information content (AvgIpc) is 2.05. The van der Waals surface area contributed by atoms with Gasteiger partial charge in [0.25, 0.3) is 0 Å². The Morgan fingerprint density at radius 1 is 1.92 bits per heavy atom. The van der Waals surface area contributed by atoms with E-state index < -0.39 is 12.0 Å². The second-order valence-electron chi connectivity index (χ2n) is 2.62. The van der Waals surface area contributed by atoms with Crippen molar-refractivity contribution in [2.45, 2.75) is 17.8 Å². The third kappa shape index (κ3) is 0.929. The second-order valence-corrected chi connectivity index (χ2v) is 3.67. The maximum Gasteiger partial charge on any atom is 0.330 e. The zero-order valence-electron chi connectivity index (χ0n) is 7.06. The summed E-state index contributed by atoms with van der Waals surface area (Å²) >= 11 is 1.34. The first kappa shape index (κ1) is 6.54. The van der Waals surface area contributed by atoms with E-state index in [-0.39, 0.29) is 17.3 Å². The Labute approximate surface area is 74.6 Å². The van der Waals surface area contributed by atoms with Gasteiger partial charge in [-0.2, -0.15) is 0 Å². The molecule has 2 heterocycles.